The van der Waals surface area contributed by atoms with Crippen LogP contribution in [0.1, 0.15) is 0 Å². The zero-order chi connectivity index (χ0) is 10.4. The molecule has 0 aromatic heterocycles. The number of benzene rings is 1. The lowest BCUT2D eigenvalue weighted by atomic mass is 10.3. The first-order chi connectivity index (χ1) is 6.72. The highest BCUT2D eigenvalue weighted by Crippen LogP contribution is 2.15. The normalized spacial score (nSPS) is 9.57. The Bertz CT molecular complexity index is 297. The van der Waals surface area contributed by atoms with Gasteiger partial charge >= 0.3 is 6.16 Å². The molecule has 0 radical (unpaired) electrons. The number of carbonyl (C=O) groups excluding carboxylic acids is 1. The third-order valence-electron chi connectivity index (χ3n) is 1.31. The Morgan fingerprint density at radius 3 is 2.50 bits per heavy atom. The summed E-state index contributed by atoms with van der Waals surface area (Å²) >= 11 is 11.0. The Hall–Kier alpha value is -0.930. The molecule has 0 spiro atoms. The number of hydrogen-bond acceptors (Lipinski definition) is 3. The van der Waals surface area contributed by atoms with Crippen LogP contribution in [0.3, 0.4) is 0 Å². The van der Waals surface area contributed by atoms with Crippen molar-refractivity contribution in [3.8, 4) is 5.75 Å². The van der Waals surface area contributed by atoms with E-state index in [0.717, 1.165) is 0 Å². The van der Waals surface area contributed by atoms with Crippen molar-refractivity contribution in [1.29, 1.82) is 0 Å². The summed E-state index contributed by atoms with van der Waals surface area (Å²) in [6.07, 6.45) is -0.770. The van der Waals surface area contributed by atoms with Crippen LogP contribution in [0.2, 0.25) is 5.02 Å². The van der Waals surface area contributed by atoms with E-state index in [-0.39, 0.29) is 12.5 Å². The van der Waals surface area contributed by atoms with Gasteiger partial charge in [-0.1, -0.05) is 11.6 Å². The smallest absolute Gasteiger partial charge is 0.433 e. The third kappa shape index (κ3) is 3.85. The summed E-state index contributed by atoms with van der Waals surface area (Å²) in [5.74, 6) is 0.629. The lowest BCUT2D eigenvalue weighted by Gasteiger charge is -2.03. The molecule has 0 aliphatic heterocycles. The van der Waals surface area contributed by atoms with E-state index in [1.54, 1.807) is 24.3 Å². The molecule has 0 bridgehead atoms. The monoisotopic (exact) mass is 234 g/mol. The number of hydrogen-bond donors (Lipinski definition) is 0. The lowest BCUT2D eigenvalue weighted by molar-refractivity contribution is 0.105. The summed E-state index contributed by atoms with van der Waals surface area (Å²) in [6, 6.07) is 6.38. The maximum atomic E-state index is 10.9. The zero-order valence-corrected chi connectivity index (χ0v) is 8.72. The average molecular weight is 235 g/mol. The van der Waals surface area contributed by atoms with Gasteiger partial charge in [0.2, 0.25) is 0 Å². The fourth-order valence-electron chi connectivity index (χ4n) is 0.750. The van der Waals surface area contributed by atoms with Crippen molar-refractivity contribution in [2.45, 2.75) is 0 Å². The van der Waals surface area contributed by atoms with Crippen LogP contribution in [0.4, 0.5) is 4.79 Å². The Labute approximate surface area is 91.5 Å². The van der Waals surface area contributed by atoms with Crippen LogP contribution >= 0.6 is 23.2 Å². The number of ether oxygens (including phenoxy) is 2. The van der Waals surface area contributed by atoms with E-state index in [1.807, 2.05) is 0 Å². The number of alkyl halides is 1. The first-order valence-electron chi connectivity index (χ1n) is 3.88. The lowest BCUT2D eigenvalue weighted by Crippen LogP contribution is -2.11. The summed E-state index contributed by atoms with van der Waals surface area (Å²) in [7, 11) is 0. The summed E-state index contributed by atoms with van der Waals surface area (Å²) in [4.78, 5) is 10.9. The Kier molecular flexibility index (Phi) is 4.56. The van der Waals surface area contributed by atoms with E-state index in [2.05, 4.69) is 4.74 Å². The van der Waals surface area contributed by atoms with E-state index in [0.29, 0.717) is 10.8 Å². The SMILES string of the molecule is O=C(OCCCl)Oc1ccc(Cl)cc1. The van der Waals surface area contributed by atoms with Crippen LogP contribution in [-0.2, 0) is 4.74 Å². The predicted molar refractivity (Wildman–Crippen MR) is 54.1 cm³/mol. The molecule has 0 N–H and O–H groups in total. The van der Waals surface area contributed by atoms with Crippen LogP contribution in [0.25, 0.3) is 0 Å². The van der Waals surface area contributed by atoms with Crippen molar-refractivity contribution in [3.05, 3.63) is 29.3 Å². The van der Waals surface area contributed by atoms with Gasteiger partial charge in [-0.25, -0.2) is 4.79 Å². The first kappa shape index (κ1) is 11.1. The van der Waals surface area contributed by atoms with E-state index >= 15 is 0 Å². The number of halogens is 2. The second-order valence-electron chi connectivity index (χ2n) is 2.34. The summed E-state index contributed by atoms with van der Waals surface area (Å²) < 4.78 is 9.39. The molecule has 0 aliphatic carbocycles. The minimum absolute atomic E-state index is 0.133. The van der Waals surface area contributed by atoms with Crippen LogP contribution < -0.4 is 4.74 Å². The van der Waals surface area contributed by atoms with Gasteiger partial charge in [0.25, 0.3) is 0 Å². The van der Waals surface area contributed by atoms with Crippen LogP contribution in [0.15, 0.2) is 24.3 Å². The molecule has 0 heterocycles. The maximum absolute atomic E-state index is 10.9. The molecule has 0 fully saturated rings. The zero-order valence-electron chi connectivity index (χ0n) is 7.20. The third-order valence-corrected chi connectivity index (χ3v) is 1.72. The predicted octanol–water partition coefficient (Wildman–Crippen LogP) is 3.09. The van der Waals surface area contributed by atoms with Gasteiger partial charge < -0.3 is 9.47 Å². The standard InChI is InChI=1S/C9H8Cl2O3/c10-5-6-13-9(12)14-8-3-1-7(11)2-4-8/h1-4H,5-6H2. The van der Waals surface area contributed by atoms with E-state index in [9.17, 15) is 4.79 Å². The molecule has 1 aromatic rings. The van der Waals surface area contributed by atoms with Crippen molar-refractivity contribution in [2.24, 2.45) is 0 Å². The Morgan fingerprint density at radius 1 is 1.29 bits per heavy atom. The molecule has 0 amide bonds. The van der Waals surface area contributed by atoms with Crippen molar-refractivity contribution < 1.29 is 14.3 Å². The van der Waals surface area contributed by atoms with Gasteiger partial charge in [-0.2, -0.15) is 0 Å². The Morgan fingerprint density at radius 2 is 1.93 bits per heavy atom. The van der Waals surface area contributed by atoms with Crippen molar-refractivity contribution in [1.82, 2.24) is 0 Å². The highest BCUT2D eigenvalue weighted by Gasteiger charge is 2.04. The minimum atomic E-state index is -0.770. The topological polar surface area (TPSA) is 35.5 Å². The number of rotatable bonds is 3. The molecule has 0 saturated heterocycles. The van der Waals surface area contributed by atoms with Crippen LogP contribution in [-0.4, -0.2) is 18.6 Å². The first-order valence-corrected chi connectivity index (χ1v) is 4.80. The van der Waals surface area contributed by atoms with Gasteiger partial charge in [-0.3, -0.25) is 0 Å². The molecule has 1 aromatic carbocycles. The molecule has 0 saturated carbocycles. The van der Waals surface area contributed by atoms with Gasteiger partial charge in [0.15, 0.2) is 0 Å². The van der Waals surface area contributed by atoms with Crippen LogP contribution in [0.5, 0.6) is 5.75 Å². The minimum Gasteiger partial charge on any atom is -0.433 e. The largest absolute Gasteiger partial charge is 0.513 e. The molecular formula is C9H8Cl2O3. The molecule has 0 aliphatic rings. The van der Waals surface area contributed by atoms with Crippen molar-refractivity contribution in [3.63, 3.8) is 0 Å². The van der Waals surface area contributed by atoms with E-state index < -0.39 is 6.16 Å². The molecule has 14 heavy (non-hydrogen) atoms. The molecule has 76 valence electrons. The fraction of sp³-hybridized carbons (Fsp3) is 0.222. The van der Waals surface area contributed by atoms with Crippen molar-refractivity contribution >= 4 is 29.4 Å². The highest BCUT2D eigenvalue weighted by atomic mass is 35.5. The number of carbonyl (C=O) groups is 1. The van der Waals surface area contributed by atoms with Crippen molar-refractivity contribution in [2.75, 3.05) is 12.5 Å². The molecule has 0 unspecified atom stereocenters. The summed E-state index contributed by atoms with van der Waals surface area (Å²) in [5, 5.41) is 0.575. The summed E-state index contributed by atoms with van der Waals surface area (Å²) in [6.45, 7) is 0.133. The quantitative estimate of drug-likeness (QED) is 0.458. The highest BCUT2D eigenvalue weighted by molar-refractivity contribution is 6.30. The molecular weight excluding hydrogens is 227 g/mol. The maximum Gasteiger partial charge on any atom is 0.513 e. The molecule has 3 nitrogen and oxygen atoms in total. The van der Waals surface area contributed by atoms with Gasteiger partial charge in [0.05, 0.1) is 5.88 Å². The summed E-state index contributed by atoms with van der Waals surface area (Å²) in [5.41, 5.74) is 0. The van der Waals surface area contributed by atoms with Gasteiger partial charge in [-0.15, -0.1) is 11.6 Å². The van der Waals surface area contributed by atoms with E-state index in [4.69, 9.17) is 27.9 Å². The second kappa shape index (κ2) is 5.73. The fourth-order valence-corrected chi connectivity index (χ4v) is 0.953. The second-order valence-corrected chi connectivity index (χ2v) is 3.16. The molecule has 5 heteroatoms. The average Bonchev–Trinajstić information content (AvgIpc) is 2.18. The van der Waals surface area contributed by atoms with E-state index in [1.165, 1.54) is 0 Å². The van der Waals surface area contributed by atoms with Gasteiger partial charge in [0.1, 0.15) is 12.4 Å². The van der Waals surface area contributed by atoms with Gasteiger partial charge in [0, 0.05) is 5.02 Å². The molecule has 0 atom stereocenters. The van der Waals surface area contributed by atoms with Crippen LogP contribution in [0, 0.1) is 0 Å². The molecule has 1 rings (SSSR count). The van der Waals surface area contributed by atoms with Gasteiger partial charge in [-0.05, 0) is 24.3 Å². The Balaban J connectivity index is 2.44.